The molecule has 1 aromatic heterocycles. The Hall–Kier alpha value is -3.14. The highest BCUT2D eigenvalue weighted by molar-refractivity contribution is 6.05. The number of nitrogens with zero attached hydrogens (tertiary/aromatic N) is 1. The molecule has 0 radical (unpaired) electrons. The van der Waals surface area contributed by atoms with Gasteiger partial charge in [-0.25, -0.2) is 9.78 Å². The molecule has 0 saturated heterocycles. The molecule has 0 spiro atoms. The largest absolute Gasteiger partial charge is 0.478 e. The number of aromatic carboxylic acids is 1. The monoisotopic (exact) mass is 303 g/mol. The zero-order valence-corrected chi connectivity index (χ0v) is 12.4. The predicted molar refractivity (Wildman–Crippen MR) is 88.6 cm³/mol. The first-order chi connectivity index (χ1) is 11.1. The van der Waals surface area contributed by atoms with Crippen molar-refractivity contribution in [2.24, 2.45) is 0 Å². The number of oxazole rings is 1. The first-order valence-corrected chi connectivity index (χ1v) is 7.26. The van der Waals surface area contributed by atoms with E-state index >= 15 is 0 Å². The lowest BCUT2D eigenvalue weighted by Crippen LogP contribution is -1.95. The second-order valence-corrected chi connectivity index (χ2v) is 5.43. The van der Waals surface area contributed by atoms with Crippen LogP contribution in [0, 0.1) is 6.92 Å². The Labute approximate surface area is 132 Å². The zero-order chi connectivity index (χ0) is 16.0. The number of benzene rings is 3. The van der Waals surface area contributed by atoms with Crippen molar-refractivity contribution in [1.82, 2.24) is 4.98 Å². The lowest BCUT2D eigenvalue weighted by atomic mass is 9.96. The number of para-hydroxylation sites is 1. The minimum atomic E-state index is -0.935. The quantitative estimate of drug-likeness (QED) is 0.585. The number of carboxylic acids is 1. The van der Waals surface area contributed by atoms with Crippen LogP contribution in [-0.4, -0.2) is 16.1 Å². The van der Waals surface area contributed by atoms with Crippen molar-refractivity contribution in [2.75, 3.05) is 0 Å². The summed E-state index contributed by atoms with van der Waals surface area (Å²) in [6.07, 6.45) is 0. The maximum absolute atomic E-state index is 11.3. The molecule has 0 saturated carbocycles. The van der Waals surface area contributed by atoms with Crippen LogP contribution in [0.25, 0.3) is 33.0 Å². The van der Waals surface area contributed by atoms with Crippen molar-refractivity contribution in [1.29, 1.82) is 0 Å². The molecule has 0 atom stereocenters. The Morgan fingerprint density at radius 3 is 2.65 bits per heavy atom. The number of fused-ring (bicyclic) bond motifs is 2. The smallest absolute Gasteiger partial charge is 0.335 e. The van der Waals surface area contributed by atoms with Gasteiger partial charge < -0.3 is 9.52 Å². The van der Waals surface area contributed by atoms with Crippen LogP contribution >= 0.6 is 0 Å². The van der Waals surface area contributed by atoms with E-state index in [0.717, 1.165) is 33.0 Å². The number of rotatable bonds is 2. The van der Waals surface area contributed by atoms with E-state index in [0.29, 0.717) is 5.89 Å². The lowest BCUT2D eigenvalue weighted by molar-refractivity contribution is 0.0697. The van der Waals surface area contributed by atoms with E-state index in [4.69, 9.17) is 4.42 Å². The van der Waals surface area contributed by atoms with Gasteiger partial charge in [0.05, 0.1) is 5.56 Å². The van der Waals surface area contributed by atoms with Crippen LogP contribution in [0.15, 0.2) is 59.0 Å². The van der Waals surface area contributed by atoms with Crippen LogP contribution < -0.4 is 0 Å². The maximum Gasteiger partial charge on any atom is 0.335 e. The molecule has 0 aliphatic heterocycles. The van der Waals surface area contributed by atoms with Gasteiger partial charge in [-0.3, -0.25) is 0 Å². The molecule has 4 nitrogen and oxygen atoms in total. The topological polar surface area (TPSA) is 63.3 Å². The first kappa shape index (κ1) is 13.5. The van der Waals surface area contributed by atoms with Gasteiger partial charge in [-0.2, -0.15) is 0 Å². The van der Waals surface area contributed by atoms with Crippen molar-refractivity contribution < 1.29 is 14.3 Å². The molecule has 1 N–H and O–H groups in total. The molecule has 112 valence electrons. The summed E-state index contributed by atoms with van der Waals surface area (Å²) in [5, 5.41) is 11.1. The van der Waals surface area contributed by atoms with E-state index in [2.05, 4.69) is 4.98 Å². The highest BCUT2D eigenvalue weighted by atomic mass is 16.4. The standard InChI is InChI=1S/C19H13NO3/c1-11-20-17-7-3-6-15(18(17)23-11)14-5-2-4-12-8-9-13(19(21)22)10-16(12)14/h2-10H,1H3,(H,21,22). The predicted octanol–water partition coefficient (Wildman–Crippen LogP) is 4.65. The fraction of sp³-hybridized carbons (Fsp3) is 0.0526. The molecule has 0 aliphatic rings. The SMILES string of the molecule is Cc1nc2cccc(-c3cccc4ccc(C(=O)O)cc34)c2o1. The second-order valence-electron chi connectivity index (χ2n) is 5.43. The van der Waals surface area contributed by atoms with Gasteiger partial charge >= 0.3 is 5.97 Å². The average Bonchev–Trinajstić information content (AvgIpc) is 2.94. The number of carboxylic acid groups (broad SMARTS) is 1. The molecule has 0 amide bonds. The van der Waals surface area contributed by atoms with Crippen molar-refractivity contribution in [3.05, 3.63) is 66.1 Å². The molecular formula is C19H13NO3. The van der Waals surface area contributed by atoms with Gasteiger partial charge in [0.2, 0.25) is 0 Å². The van der Waals surface area contributed by atoms with Gasteiger partial charge in [0, 0.05) is 12.5 Å². The molecular weight excluding hydrogens is 290 g/mol. The minimum absolute atomic E-state index is 0.269. The number of aromatic nitrogens is 1. The Balaban J connectivity index is 2.07. The van der Waals surface area contributed by atoms with Gasteiger partial charge in [0.25, 0.3) is 0 Å². The fourth-order valence-electron chi connectivity index (χ4n) is 2.91. The Bertz CT molecular complexity index is 1060. The third kappa shape index (κ3) is 2.16. The molecule has 4 aromatic rings. The molecule has 1 heterocycles. The van der Waals surface area contributed by atoms with E-state index in [9.17, 15) is 9.90 Å². The molecule has 4 rings (SSSR count). The van der Waals surface area contributed by atoms with Gasteiger partial charge in [0.1, 0.15) is 5.52 Å². The lowest BCUT2D eigenvalue weighted by Gasteiger charge is -2.08. The summed E-state index contributed by atoms with van der Waals surface area (Å²) in [7, 11) is 0. The fourth-order valence-corrected chi connectivity index (χ4v) is 2.91. The van der Waals surface area contributed by atoms with E-state index < -0.39 is 5.97 Å². The van der Waals surface area contributed by atoms with Gasteiger partial charge in [0.15, 0.2) is 11.5 Å². The summed E-state index contributed by atoms with van der Waals surface area (Å²) < 4.78 is 5.75. The number of aryl methyl sites for hydroxylation is 1. The molecule has 0 bridgehead atoms. The summed E-state index contributed by atoms with van der Waals surface area (Å²) >= 11 is 0. The third-order valence-corrected chi connectivity index (χ3v) is 3.94. The number of hydrogen-bond acceptors (Lipinski definition) is 3. The molecule has 4 heteroatoms. The summed E-state index contributed by atoms with van der Waals surface area (Å²) in [5.74, 6) is -0.325. The second kappa shape index (κ2) is 4.95. The van der Waals surface area contributed by atoms with E-state index in [1.165, 1.54) is 0 Å². The molecule has 0 fully saturated rings. The first-order valence-electron chi connectivity index (χ1n) is 7.26. The van der Waals surface area contributed by atoms with E-state index in [-0.39, 0.29) is 5.56 Å². The molecule has 3 aromatic carbocycles. The van der Waals surface area contributed by atoms with Crippen LogP contribution in [0.4, 0.5) is 0 Å². The van der Waals surface area contributed by atoms with Crippen LogP contribution in [-0.2, 0) is 0 Å². The van der Waals surface area contributed by atoms with Crippen LogP contribution in [0.3, 0.4) is 0 Å². The van der Waals surface area contributed by atoms with Crippen LogP contribution in [0.5, 0.6) is 0 Å². The van der Waals surface area contributed by atoms with E-state index in [1.807, 2.05) is 49.4 Å². The molecule has 0 unspecified atom stereocenters. The third-order valence-electron chi connectivity index (χ3n) is 3.94. The minimum Gasteiger partial charge on any atom is -0.478 e. The molecule has 23 heavy (non-hydrogen) atoms. The highest BCUT2D eigenvalue weighted by Crippen LogP contribution is 2.34. The zero-order valence-electron chi connectivity index (χ0n) is 12.4. The summed E-state index contributed by atoms with van der Waals surface area (Å²) in [6, 6.07) is 16.9. The molecule has 0 aliphatic carbocycles. The maximum atomic E-state index is 11.3. The Kier molecular flexibility index (Phi) is 2.91. The highest BCUT2D eigenvalue weighted by Gasteiger charge is 2.13. The van der Waals surface area contributed by atoms with Gasteiger partial charge in [-0.05, 0) is 34.5 Å². The van der Waals surface area contributed by atoms with Gasteiger partial charge in [-0.15, -0.1) is 0 Å². The van der Waals surface area contributed by atoms with Crippen LogP contribution in [0.2, 0.25) is 0 Å². The van der Waals surface area contributed by atoms with Gasteiger partial charge in [-0.1, -0.05) is 36.4 Å². The Morgan fingerprint density at radius 1 is 1.04 bits per heavy atom. The van der Waals surface area contributed by atoms with Crippen molar-refractivity contribution in [3.63, 3.8) is 0 Å². The van der Waals surface area contributed by atoms with Crippen molar-refractivity contribution >= 4 is 27.8 Å². The Morgan fingerprint density at radius 2 is 1.83 bits per heavy atom. The summed E-state index contributed by atoms with van der Waals surface area (Å²) in [6.45, 7) is 1.81. The van der Waals surface area contributed by atoms with Crippen LogP contribution in [0.1, 0.15) is 16.2 Å². The average molecular weight is 303 g/mol. The normalized spacial score (nSPS) is 11.2. The number of carbonyl (C=O) groups is 1. The van der Waals surface area contributed by atoms with Crippen molar-refractivity contribution in [2.45, 2.75) is 6.92 Å². The van der Waals surface area contributed by atoms with E-state index in [1.54, 1.807) is 12.1 Å². The number of hydrogen-bond donors (Lipinski definition) is 1. The summed E-state index contributed by atoms with van der Waals surface area (Å²) in [4.78, 5) is 15.6. The van der Waals surface area contributed by atoms with Crippen molar-refractivity contribution in [3.8, 4) is 11.1 Å². The summed E-state index contributed by atoms with van der Waals surface area (Å²) in [5.41, 5.74) is 3.64.